The largest absolute Gasteiger partial charge is 0.324 e. The lowest BCUT2D eigenvalue weighted by Gasteiger charge is -2.24. The van der Waals surface area contributed by atoms with Crippen molar-refractivity contribution >= 4 is 10.8 Å². The molecule has 2 aromatic rings. The highest BCUT2D eigenvalue weighted by molar-refractivity contribution is 5.87. The second kappa shape index (κ2) is 4.31. The van der Waals surface area contributed by atoms with Crippen molar-refractivity contribution in [3.8, 4) is 0 Å². The van der Waals surface area contributed by atoms with E-state index in [9.17, 15) is 4.39 Å². The lowest BCUT2D eigenvalue weighted by atomic mass is 9.83. The molecule has 100 valence electrons. The topological polar surface area (TPSA) is 26.0 Å². The molecule has 1 aliphatic carbocycles. The molecule has 0 saturated heterocycles. The summed E-state index contributed by atoms with van der Waals surface area (Å²) in [5, 5.41) is 1.75. The molecule has 0 saturated carbocycles. The van der Waals surface area contributed by atoms with Gasteiger partial charge in [0, 0.05) is 11.4 Å². The second-order valence-corrected chi connectivity index (χ2v) is 6.45. The van der Waals surface area contributed by atoms with Gasteiger partial charge in [0.15, 0.2) is 0 Å². The van der Waals surface area contributed by atoms with E-state index in [-0.39, 0.29) is 17.3 Å². The van der Waals surface area contributed by atoms with E-state index >= 15 is 0 Å². The van der Waals surface area contributed by atoms with Crippen LogP contribution in [0.5, 0.6) is 0 Å². The third-order valence-corrected chi connectivity index (χ3v) is 4.36. The quantitative estimate of drug-likeness (QED) is 0.698. The Balaban J connectivity index is 2.26. The Morgan fingerprint density at radius 2 is 1.89 bits per heavy atom. The van der Waals surface area contributed by atoms with Gasteiger partial charge in [0.2, 0.25) is 0 Å². The number of benzene rings is 2. The smallest absolute Gasteiger partial charge is 0.131 e. The molecule has 19 heavy (non-hydrogen) atoms. The molecule has 0 radical (unpaired) electrons. The zero-order valence-corrected chi connectivity index (χ0v) is 11.5. The van der Waals surface area contributed by atoms with Crippen LogP contribution in [-0.4, -0.2) is 0 Å². The van der Waals surface area contributed by atoms with Crippen LogP contribution in [0, 0.1) is 11.2 Å². The Bertz CT molecular complexity index is 630. The molecule has 2 heteroatoms. The molecular weight excluding hydrogens is 237 g/mol. The molecule has 0 bridgehead atoms. The van der Waals surface area contributed by atoms with E-state index in [4.69, 9.17) is 5.73 Å². The van der Waals surface area contributed by atoms with Crippen molar-refractivity contribution in [3.05, 3.63) is 47.3 Å². The fourth-order valence-corrected chi connectivity index (χ4v) is 3.29. The molecular formula is C17H20FN. The second-order valence-electron chi connectivity index (χ2n) is 6.45. The highest BCUT2D eigenvalue weighted by Crippen LogP contribution is 2.41. The third-order valence-electron chi connectivity index (χ3n) is 4.36. The normalized spacial score (nSPS) is 22.0. The SMILES string of the molecule is CC1(C)CCc2c(cc(F)c3ccccc23)C(N)C1. The van der Waals surface area contributed by atoms with Crippen LogP contribution < -0.4 is 5.73 Å². The van der Waals surface area contributed by atoms with E-state index in [0.717, 1.165) is 30.2 Å². The summed E-state index contributed by atoms with van der Waals surface area (Å²) in [7, 11) is 0. The number of hydrogen-bond donors (Lipinski definition) is 1. The molecule has 1 unspecified atom stereocenters. The Morgan fingerprint density at radius 1 is 1.21 bits per heavy atom. The average Bonchev–Trinajstić information content (AvgIpc) is 2.47. The maximum absolute atomic E-state index is 14.2. The summed E-state index contributed by atoms with van der Waals surface area (Å²) < 4.78 is 14.2. The van der Waals surface area contributed by atoms with Gasteiger partial charge in [0.25, 0.3) is 0 Å². The lowest BCUT2D eigenvalue weighted by molar-refractivity contribution is 0.294. The minimum absolute atomic E-state index is 0.0633. The Labute approximate surface area is 113 Å². The molecule has 0 fully saturated rings. The Hall–Kier alpha value is -1.41. The molecule has 2 N–H and O–H groups in total. The first kappa shape index (κ1) is 12.6. The zero-order chi connectivity index (χ0) is 13.6. The van der Waals surface area contributed by atoms with Crippen LogP contribution in [0.4, 0.5) is 4.39 Å². The van der Waals surface area contributed by atoms with Crippen molar-refractivity contribution in [3.63, 3.8) is 0 Å². The molecule has 3 rings (SSSR count). The summed E-state index contributed by atoms with van der Waals surface area (Å²) in [5.41, 5.74) is 8.78. The van der Waals surface area contributed by atoms with Gasteiger partial charge in [0.1, 0.15) is 5.82 Å². The zero-order valence-electron chi connectivity index (χ0n) is 11.5. The number of rotatable bonds is 0. The van der Waals surface area contributed by atoms with Gasteiger partial charge in [-0.3, -0.25) is 0 Å². The summed E-state index contributed by atoms with van der Waals surface area (Å²) in [4.78, 5) is 0. The Kier molecular flexibility index (Phi) is 2.86. The standard InChI is InChI=1S/C17H20FN/c1-17(2)8-7-12-11-5-3-4-6-13(11)15(18)9-14(12)16(19)10-17/h3-6,9,16H,7-8,10,19H2,1-2H3. The summed E-state index contributed by atoms with van der Waals surface area (Å²) in [6, 6.07) is 9.33. The lowest BCUT2D eigenvalue weighted by Crippen LogP contribution is -2.19. The van der Waals surface area contributed by atoms with E-state index in [1.165, 1.54) is 5.56 Å². The van der Waals surface area contributed by atoms with Crippen molar-refractivity contribution in [1.82, 2.24) is 0 Å². The molecule has 2 aromatic carbocycles. The summed E-state index contributed by atoms with van der Waals surface area (Å²) >= 11 is 0. The monoisotopic (exact) mass is 257 g/mol. The highest BCUT2D eigenvalue weighted by atomic mass is 19.1. The molecule has 1 aliphatic rings. The minimum atomic E-state index is -0.149. The molecule has 0 heterocycles. The van der Waals surface area contributed by atoms with Gasteiger partial charge >= 0.3 is 0 Å². The van der Waals surface area contributed by atoms with Gasteiger partial charge in [-0.05, 0) is 47.3 Å². The van der Waals surface area contributed by atoms with Gasteiger partial charge in [-0.2, -0.15) is 0 Å². The predicted molar refractivity (Wildman–Crippen MR) is 77.6 cm³/mol. The Morgan fingerprint density at radius 3 is 2.63 bits per heavy atom. The number of halogens is 1. The summed E-state index contributed by atoms with van der Waals surface area (Å²) in [5.74, 6) is -0.149. The first-order valence-corrected chi connectivity index (χ1v) is 6.93. The first-order chi connectivity index (χ1) is 8.98. The molecule has 0 aromatic heterocycles. The van der Waals surface area contributed by atoms with E-state index < -0.39 is 0 Å². The number of hydrogen-bond acceptors (Lipinski definition) is 1. The molecule has 1 atom stereocenters. The van der Waals surface area contributed by atoms with Crippen LogP contribution in [0.2, 0.25) is 0 Å². The number of fused-ring (bicyclic) bond motifs is 3. The first-order valence-electron chi connectivity index (χ1n) is 6.93. The number of aryl methyl sites for hydroxylation is 1. The van der Waals surface area contributed by atoms with Crippen LogP contribution in [0.25, 0.3) is 10.8 Å². The van der Waals surface area contributed by atoms with Crippen LogP contribution in [0.1, 0.15) is 43.9 Å². The van der Waals surface area contributed by atoms with Crippen LogP contribution in [-0.2, 0) is 6.42 Å². The minimum Gasteiger partial charge on any atom is -0.324 e. The fourth-order valence-electron chi connectivity index (χ4n) is 3.29. The van der Waals surface area contributed by atoms with Crippen LogP contribution >= 0.6 is 0 Å². The van der Waals surface area contributed by atoms with Crippen LogP contribution in [0.15, 0.2) is 30.3 Å². The summed E-state index contributed by atoms with van der Waals surface area (Å²) in [6.07, 6.45) is 3.00. The predicted octanol–water partition coefficient (Wildman–Crippen LogP) is 4.34. The molecule has 1 nitrogen and oxygen atoms in total. The van der Waals surface area contributed by atoms with E-state index in [0.29, 0.717) is 5.39 Å². The fraction of sp³-hybridized carbons (Fsp3) is 0.412. The van der Waals surface area contributed by atoms with Crippen LogP contribution in [0.3, 0.4) is 0 Å². The van der Waals surface area contributed by atoms with Crippen molar-refractivity contribution < 1.29 is 4.39 Å². The molecule has 0 aliphatic heterocycles. The van der Waals surface area contributed by atoms with Gasteiger partial charge in [-0.15, -0.1) is 0 Å². The van der Waals surface area contributed by atoms with Crippen molar-refractivity contribution in [1.29, 1.82) is 0 Å². The maximum Gasteiger partial charge on any atom is 0.131 e. The van der Waals surface area contributed by atoms with E-state index in [2.05, 4.69) is 13.8 Å². The van der Waals surface area contributed by atoms with Gasteiger partial charge in [0.05, 0.1) is 0 Å². The van der Waals surface area contributed by atoms with Gasteiger partial charge < -0.3 is 5.73 Å². The van der Waals surface area contributed by atoms with Crippen molar-refractivity contribution in [2.24, 2.45) is 11.1 Å². The van der Waals surface area contributed by atoms with Crippen molar-refractivity contribution in [2.45, 2.75) is 39.2 Å². The number of nitrogens with two attached hydrogens (primary N) is 1. The molecule has 0 spiro atoms. The summed E-state index contributed by atoms with van der Waals surface area (Å²) in [6.45, 7) is 4.49. The van der Waals surface area contributed by atoms with E-state index in [1.807, 2.05) is 24.3 Å². The highest BCUT2D eigenvalue weighted by Gasteiger charge is 2.29. The average molecular weight is 257 g/mol. The molecule has 0 amide bonds. The van der Waals surface area contributed by atoms with Gasteiger partial charge in [-0.25, -0.2) is 4.39 Å². The van der Waals surface area contributed by atoms with E-state index in [1.54, 1.807) is 6.07 Å². The third kappa shape index (κ3) is 2.14. The maximum atomic E-state index is 14.2. The van der Waals surface area contributed by atoms with Gasteiger partial charge in [-0.1, -0.05) is 38.1 Å². The van der Waals surface area contributed by atoms with Crippen molar-refractivity contribution in [2.75, 3.05) is 0 Å².